The van der Waals surface area contributed by atoms with Crippen molar-refractivity contribution in [2.45, 2.75) is 26.3 Å². The van der Waals surface area contributed by atoms with Crippen molar-refractivity contribution in [2.24, 2.45) is 5.92 Å². The van der Waals surface area contributed by atoms with E-state index in [2.05, 4.69) is 35.1 Å². The Bertz CT molecular complexity index is 325. The van der Waals surface area contributed by atoms with E-state index in [1.54, 1.807) is 0 Å². The van der Waals surface area contributed by atoms with Crippen LogP contribution in [0.2, 0.25) is 0 Å². The van der Waals surface area contributed by atoms with Crippen molar-refractivity contribution in [3.63, 3.8) is 0 Å². The van der Waals surface area contributed by atoms with E-state index in [-0.39, 0.29) is 5.82 Å². The van der Waals surface area contributed by atoms with Crippen LogP contribution in [0.4, 0.5) is 4.39 Å². The predicted octanol–water partition coefficient (Wildman–Crippen LogP) is 3.37. The lowest BCUT2D eigenvalue weighted by molar-refractivity contribution is 0.424. The summed E-state index contributed by atoms with van der Waals surface area (Å²) in [4.78, 5) is 0. The average molecular weight is 274 g/mol. The first kappa shape index (κ1) is 12.7. The molecule has 0 aliphatic carbocycles. The second-order valence-electron chi connectivity index (χ2n) is 4.08. The van der Waals surface area contributed by atoms with E-state index >= 15 is 0 Å². The highest BCUT2D eigenvalue weighted by Gasteiger charge is 2.13. The van der Waals surface area contributed by atoms with Crippen molar-refractivity contribution in [3.05, 3.63) is 34.1 Å². The minimum absolute atomic E-state index is 0.198. The number of benzene rings is 1. The van der Waals surface area contributed by atoms with E-state index in [4.69, 9.17) is 0 Å². The fourth-order valence-corrected chi connectivity index (χ4v) is 2.11. The van der Waals surface area contributed by atoms with Gasteiger partial charge in [0, 0.05) is 10.5 Å². The van der Waals surface area contributed by atoms with E-state index in [0.29, 0.717) is 12.0 Å². The van der Waals surface area contributed by atoms with Crippen LogP contribution in [-0.4, -0.2) is 13.1 Å². The van der Waals surface area contributed by atoms with Crippen LogP contribution in [-0.2, 0) is 6.42 Å². The molecule has 1 aromatic rings. The van der Waals surface area contributed by atoms with Gasteiger partial charge in [0.1, 0.15) is 5.82 Å². The quantitative estimate of drug-likeness (QED) is 0.887. The summed E-state index contributed by atoms with van der Waals surface area (Å²) in [6, 6.07) is 5.29. The summed E-state index contributed by atoms with van der Waals surface area (Å²) in [6.07, 6.45) is 0.912. The Balaban J connectivity index is 2.79. The molecule has 0 saturated carbocycles. The lowest BCUT2D eigenvalue weighted by atomic mass is 9.97. The van der Waals surface area contributed by atoms with Gasteiger partial charge in [-0.05, 0) is 37.1 Å². The van der Waals surface area contributed by atoms with E-state index in [9.17, 15) is 4.39 Å². The molecule has 0 saturated heterocycles. The lowest BCUT2D eigenvalue weighted by Crippen LogP contribution is -2.32. The Morgan fingerprint density at radius 2 is 2.07 bits per heavy atom. The summed E-state index contributed by atoms with van der Waals surface area (Å²) in [5.41, 5.74) is 1.14. The molecule has 1 aromatic carbocycles. The van der Waals surface area contributed by atoms with E-state index < -0.39 is 0 Å². The van der Waals surface area contributed by atoms with Gasteiger partial charge in [0.2, 0.25) is 0 Å². The van der Waals surface area contributed by atoms with Crippen molar-refractivity contribution in [1.82, 2.24) is 5.32 Å². The van der Waals surface area contributed by atoms with Crippen LogP contribution in [0.15, 0.2) is 22.7 Å². The van der Waals surface area contributed by atoms with Gasteiger partial charge >= 0.3 is 0 Å². The number of likely N-dealkylation sites (N-methyl/N-ethyl adjacent to an activating group) is 1. The van der Waals surface area contributed by atoms with Crippen LogP contribution < -0.4 is 5.32 Å². The van der Waals surface area contributed by atoms with Crippen LogP contribution in [0.5, 0.6) is 0 Å². The number of hydrogen-bond donors (Lipinski definition) is 1. The molecule has 0 radical (unpaired) electrons. The second kappa shape index (κ2) is 5.61. The molecule has 1 N–H and O–H groups in total. The Kier molecular flexibility index (Phi) is 4.74. The minimum Gasteiger partial charge on any atom is -0.316 e. The van der Waals surface area contributed by atoms with Gasteiger partial charge in [-0.3, -0.25) is 0 Å². The predicted molar refractivity (Wildman–Crippen MR) is 65.5 cm³/mol. The number of rotatable bonds is 4. The van der Waals surface area contributed by atoms with Gasteiger partial charge in [-0.1, -0.05) is 35.8 Å². The summed E-state index contributed by atoms with van der Waals surface area (Å²) in [6.45, 7) is 4.36. The van der Waals surface area contributed by atoms with E-state index in [1.807, 2.05) is 13.1 Å². The van der Waals surface area contributed by atoms with Gasteiger partial charge in [0.25, 0.3) is 0 Å². The normalized spacial score (nSPS) is 13.2. The van der Waals surface area contributed by atoms with Gasteiger partial charge in [0.05, 0.1) is 0 Å². The minimum atomic E-state index is -0.198. The summed E-state index contributed by atoms with van der Waals surface area (Å²) in [5.74, 6) is 0.364. The van der Waals surface area contributed by atoms with Crippen LogP contribution in [0.1, 0.15) is 19.4 Å². The number of hydrogen-bond acceptors (Lipinski definition) is 1. The molecule has 0 aromatic heterocycles. The molecule has 0 bridgehead atoms. The summed E-state index contributed by atoms with van der Waals surface area (Å²) < 4.78 is 13.7. The van der Waals surface area contributed by atoms with Crippen molar-refractivity contribution in [2.75, 3.05) is 7.05 Å². The standard InChI is InChI=1S/C12H17BrFN/c1-8(2)12(15-3)6-9-4-5-10(14)7-11(9)13/h4-5,7-8,12,15H,6H2,1-3H3. The average Bonchev–Trinajstić information content (AvgIpc) is 2.16. The summed E-state index contributed by atoms with van der Waals surface area (Å²) >= 11 is 3.39. The highest BCUT2D eigenvalue weighted by atomic mass is 79.9. The van der Waals surface area contributed by atoms with Crippen molar-refractivity contribution >= 4 is 15.9 Å². The van der Waals surface area contributed by atoms with Gasteiger partial charge in [-0.25, -0.2) is 4.39 Å². The monoisotopic (exact) mass is 273 g/mol. The lowest BCUT2D eigenvalue weighted by Gasteiger charge is -2.20. The second-order valence-corrected chi connectivity index (χ2v) is 4.93. The fraction of sp³-hybridized carbons (Fsp3) is 0.500. The molecular weight excluding hydrogens is 257 g/mol. The third-order valence-corrected chi connectivity index (χ3v) is 3.37. The maximum absolute atomic E-state index is 12.9. The third kappa shape index (κ3) is 3.58. The molecule has 0 fully saturated rings. The Morgan fingerprint density at radius 1 is 1.40 bits per heavy atom. The Labute approximate surface area is 99.2 Å². The fourth-order valence-electron chi connectivity index (χ4n) is 1.60. The SMILES string of the molecule is CNC(Cc1ccc(F)cc1Br)C(C)C. The van der Waals surface area contributed by atoms with Crippen molar-refractivity contribution in [3.8, 4) is 0 Å². The molecule has 3 heteroatoms. The topological polar surface area (TPSA) is 12.0 Å². The Hall–Kier alpha value is -0.410. The zero-order valence-corrected chi connectivity index (χ0v) is 10.9. The van der Waals surface area contributed by atoms with Crippen LogP contribution in [0.25, 0.3) is 0 Å². The highest BCUT2D eigenvalue weighted by Crippen LogP contribution is 2.21. The first-order valence-electron chi connectivity index (χ1n) is 5.15. The van der Waals surface area contributed by atoms with Crippen LogP contribution in [0.3, 0.4) is 0 Å². The summed E-state index contributed by atoms with van der Waals surface area (Å²) in [5, 5.41) is 3.28. The molecule has 15 heavy (non-hydrogen) atoms. The molecular formula is C12H17BrFN. The zero-order chi connectivity index (χ0) is 11.4. The van der Waals surface area contributed by atoms with Gasteiger partial charge in [0.15, 0.2) is 0 Å². The van der Waals surface area contributed by atoms with E-state index in [1.165, 1.54) is 12.1 Å². The molecule has 1 unspecified atom stereocenters. The molecule has 84 valence electrons. The molecule has 0 spiro atoms. The van der Waals surface area contributed by atoms with Crippen LogP contribution in [0, 0.1) is 11.7 Å². The summed E-state index contributed by atoms with van der Waals surface area (Å²) in [7, 11) is 1.96. The van der Waals surface area contributed by atoms with Gasteiger partial charge in [-0.2, -0.15) is 0 Å². The van der Waals surface area contributed by atoms with Gasteiger partial charge in [-0.15, -0.1) is 0 Å². The zero-order valence-electron chi connectivity index (χ0n) is 9.35. The number of nitrogens with one attached hydrogen (secondary N) is 1. The largest absolute Gasteiger partial charge is 0.316 e. The third-order valence-electron chi connectivity index (χ3n) is 2.63. The first-order valence-corrected chi connectivity index (χ1v) is 5.95. The smallest absolute Gasteiger partial charge is 0.124 e. The molecule has 1 nitrogen and oxygen atoms in total. The molecule has 0 aliphatic heterocycles. The maximum Gasteiger partial charge on any atom is 0.124 e. The van der Waals surface area contributed by atoms with Crippen molar-refractivity contribution < 1.29 is 4.39 Å². The van der Waals surface area contributed by atoms with Gasteiger partial charge < -0.3 is 5.32 Å². The number of halogens is 2. The van der Waals surface area contributed by atoms with E-state index in [0.717, 1.165) is 16.5 Å². The molecule has 0 aliphatic rings. The molecule has 1 atom stereocenters. The molecule has 0 heterocycles. The molecule has 1 rings (SSSR count). The highest BCUT2D eigenvalue weighted by molar-refractivity contribution is 9.10. The Morgan fingerprint density at radius 3 is 2.53 bits per heavy atom. The molecule has 0 amide bonds. The first-order chi connectivity index (χ1) is 7.04. The van der Waals surface area contributed by atoms with Crippen LogP contribution >= 0.6 is 15.9 Å². The van der Waals surface area contributed by atoms with Crippen molar-refractivity contribution in [1.29, 1.82) is 0 Å². The maximum atomic E-state index is 12.9.